The topological polar surface area (TPSA) is 6.48 Å². The molecule has 0 N–H and O–H groups in total. The first-order valence-electron chi connectivity index (χ1n) is 3.96. The zero-order valence-electron chi connectivity index (χ0n) is 6.52. The molecule has 1 aliphatic heterocycles. The van der Waals surface area contributed by atoms with Crippen LogP contribution in [0.4, 0.5) is 0 Å². The summed E-state index contributed by atoms with van der Waals surface area (Å²) in [5.41, 5.74) is 0. The third-order valence-electron chi connectivity index (χ3n) is 1.98. The second-order valence-corrected chi connectivity index (χ2v) is 4.06. The lowest BCUT2D eigenvalue weighted by Gasteiger charge is -2.16. The van der Waals surface area contributed by atoms with Gasteiger partial charge in [-0.05, 0) is 19.5 Å². The van der Waals surface area contributed by atoms with Crippen molar-refractivity contribution in [3.8, 4) is 0 Å². The minimum Gasteiger partial charge on any atom is -0.302 e. The highest BCUT2D eigenvalue weighted by Crippen LogP contribution is 2.06. The molecule has 1 heterocycles. The standard InChI is InChI=1S/C7H15IN2/c1-2-9-4-3-5-10(8)7-6-9/h2-7H2,1H3. The Bertz CT molecular complexity index is 97.6. The van der Waals surface area contributed by atoms with Crippen LogP contribution in [-0.2, 0) is 0 Å². The van der Waals surface area contributed by atoms with Crippen molar-refractivity contribution >= 4 is 22.9 Å². The van der Waals surface area contributed by atoms with E-state index < -0.39 is 0 Å². The Hall–Kier alpha value is 0.650. The average Bonchev–Trinajstić information content (AvgIpc) is 2.14. The highest BCUT2D eigenvalue weighted by Gasteiger charge is 2.09. The van der Waals surface area contributed by atoms with Crippen molar-refractivity contribution in [2.75, 3.05) is 32.7 Å². The van der Waals surface area contributed by atoms with Crippen molar-refractivity contribution in [2.24, 2.45) is 0 Å². The summed E-state index contributed by atoms with van der Waals surface area (Å²) in [5, 5.41) is 0. The second kappa shape index (κ2) is 4.51. The summed E-state index contributed by atoms with van der Waals surface area (Å²) < 4.78 is 2.38. The van der Waals surface area contributed by atoms with Crippen LogP contribution in [0.2, 0.25) is 0 Å². The molecule has 0 saturated carbocycles. The Balaban J connectivity index is 2.26. The smallest absolute Gasteiger partial charge is 0.0209 e. The van der Waals surface area contributed by atoms with E-state index in [1.807, 2.05) is 0 Å². The molecular weight excluding hydrogens is 239 g/mol. The zero-order chi connectivity index (χ0) is 7.40. The molecule has 0 aliphatic carbocycles. The van der Waals surface area contributed by atoms with Gasteiger partial charge in [-0.15, -0.1) is 0 Å². The van der Waals surface area contributed by atoms with Gasteiger partial charge in [-0.25, -0.2) is 3.11 Å². The maximum absolute atomic E-state index is 2.51. The van der Waals surface area contributed by atoms with Crippen LogP contribution in [-0.4, -0.2) is 40.7 Å². The summed E-state index contributed by atoms with van der Waals surface area (Å²) in [6.07, 6.45) is 1.33. The van der Waals surface area contributed by atoms with Gasteiger partial charge in [-0.3, -0.25) is 0 Å². The maximum Gasteiger partial charge on any atom is 0.0209 e. The Morgan fingerprint density at radius 2 is 2.00 bits per heavy atom. The van der Waals surface area contributed by atoms with Gasteiger partial charge in [-0.2, -0.15) is 0 Å². The fraction of sp³-hybridized carbons (Fsp3) is 1.00. The third kappa shape index (κ3) is 2.72. The molecule has 2 nitrogen and oxygen atoms in total. The molecule has 0 spiro atoms. The van der Waals surface area contributed by atoms with E-state index in [1.54, 1.807) is 0 Å². The van der Waals surface area contributed by atoms with Gasteiger partial charge in [0.05, 0.1) is 0 Å². The summed E-state index contributed by atoms with van der Waals surface area (Å²) in [5.74, 6) is 0. The van der Waals surface area contributed by atoms with Crippen molar-refractivity contribution < 1.29 is 0 Å². The lowest BCUT2D eigenvalue weighted by Crippen LogP contribution is -2.27. The lowest BCUT2D eigenvalue weighted by atomic mass is 10.4. The van der Waals surface area contributed by atoms with Crippen molar-refractivity contribution in [3.63, 3.8) is 0 Å². The van der Waals surface area contributed by atoms with Crippen molar-refractivity contribution in [3.05, 3.63) is 0 Å². The Morgan fingerprint density at radius 3 is 2.70 bits per heavy atom. The first-order valence-corrected chi connectivity index (χ1v) is 4.92. The molecule has 0 amide bonds. The predicted octanol–water partition coefficient (Wildman–Crippen LogP) is 1.36. The summed E-state index contributed by atoms with van der Waals surface area (Å²) in [6, 6.07) is 0. The predicted molar refractivity (Wildman–Crippen MR) is 52.3 cm³/mol. The Kier molecular flexibility index (Phi) is 3.95. The van der Waals surface area contributed by atoms with Crippen LogP contribution in [0.25, 0.3) is 0 Å². The highest BCUT2D eigenvalue weighted by molar-refractivity contribution is 14.1. The fourth-order valence-electron chi connectivity index (χ4n) is 1.26. The average molecular weight is 254 g/mol. The number of hydrogen-bond donors (Lipinski definition) is 0. The normalized spacial score (nSPS) is 24.6. The molecule has 1 fully saturated rings. The molecule has 60 valence electrons. The van der Waals surface area contributed by atoms with E-state index in [0.29, 0.717) is 0 Å². The van der Waals surface area contributed by atoms with Crippen LogP contribution in [0, 0.1) is 0 Å². The van der Waals surface area contributed by atoms with E-state index in [0.717, 1.165) is 0 Å². The molecule has 1 rings (SSSR count). The molecule has 1 aliphatic rings. The third-order valence-corrected chi connectivity index (χ3v) is 2.95. The number of rotatable bonds is 1. The van der Waals surface area contributed by atoms with Crippen LogP contribution in [0.3, 0.4) is 0 Å². The monoisotopic (exact) mass is 254 g/mol. The number of halogens is 1. The molecule has 1 saturated heterocycles. The zero-order valence-corrected chi connectivity index (χ0v) is 8.67. The molecular formula is C7H15IN2. The lowest BCUT2D eigenvalue weighted by molar-refractivity contribution is 0.305. The van der Waals surface area contributed by atoms with Gasteiger partial charge in [0.15, 0.2) is 0 Å². The molecule has 0 aromatic rings. The van der Waals surface area contributed by atoms with Gasteiger partial charge in [0.25, 0.3) is 0 Å². The molecule has 0 radical (unpaired) electrons. The van der Waals surface area contributed by atoms with E-state index in [-0.39, 0.29) is 0 Å². The van der Waals surface area contributed by atoms with Gasteiger partial charge >= 0.3 is 0 Å². The first kappa shape index (κ1) is 8.74. The summed E-state index contributed by atoms with van der Waals surface area (Å²) in [4.78, 5) is 2.51. The van der Waals surface area contributed by atoms with Gasteiger partial charge in [0, 0.05) is 42.5 Å². The van der Waals surface area contributed by atoms with E-state index in [2.05, 4.69) is 37.8 Å². The molecule has 3 heteroatoms. The van der Waals surface area contributed by atoms with Crippen molar-refractivity contribution in [2.45, 2.75) is 13.3 Å². The van der Waals surface area contributed by atoms with Crippen LogP contribution < -0.4 is 0 Å². The van der Waals surface area contributed by atoms with E-state index in [4.69, 9.17) is 0 Å². The van der Waals surface area contributed by atoms with Gasteiger partial charge < -0.3 is 4.90 Å². The molecule has 0 aromatic carbocycles. The summed E-state index contributed by atoms with van der Waals surface area (Å²) >= 11 is 2.41. The van der Waals surface area contributed by atoms with Gasteiger partial charge in [-0.1, -0.05) is 6.92 Å². The van der Waals surface area contributed by atoms with Crippen molar-refractivity contribution in [1.82, 2.24) is 8.01 Å². The Morgan fingerprint density at radius 1 is 1.20 bits per heavy atom. The molecule has 0 bridgehead atoms. The fourth-order valence-corrected chi connectivity index (χ4v) is 1.81. The van der Waals surface area contributed by atoms with E-state index in [1.165, 1.54) is 39.1 Å². The highest BCUT2D eigenvalue weighted by atomic mass is 127. The van der Waals surface area contributed by atoms with Crippen LogP contribution in [0.15, 0.2) is 0 Å². The molecule has 0 aromatic heterocycles. The number of hydrogen-bond acceptors (Lipinski definition) is 2. The minimum absolute atomic E-state index is 1.21. The summed E-state index contributed by atoms with van der Waals surface area (Å²) in [7, 11) is 0. The molecule has 0 unspecified atom stereocenters. The minimum atomic E-state index is 1.21. The number of nitrogens with zero attached hydrogens (tertiary/aromatic N) is 2. The molecule has 10 heavy (non-hydrogen) atoms. The van der Waals surface area contributed by atoms with E-state index >= 15 is 0 Å². The van der Waals surface area contributed by atoms with Crippen molar-refractivity contribution in [1.29, 1.82) is 0 Å². The van der Waals surface area contributed by atoms with Gasteiger partial charge in [0.1, 0.15) is 0 Å². The van der Waals surface area contributed by atoms with E-state index in [9.17, 15) is 0 Å². The molecule has 0 atom stereocenters. The van der Waals surface area contributed by atoms with Gasteiger partial charge in [0.2, 0.25) is 0 Å². The Labute approximate surface area is 77.1 Å². The van der Waals surface area contributed by atoms with Crippen LogP contribution in [0.1, 0.15) is 13.3 Å². The first-order chi connectivity index (χ1) is 4.83. The second-order valence-electron chi connectivity index (χ2n) is 2.70. The van der Waals surface area contributed by atoms with Crippen LogP contribution >= 0.6 is 22.9 Å². The van der Waals surface area contributed by atoms with Crippen LogP contribution in [0.5, 0.6) is 0 Å². The number of likely N-dealkylation sites (N-methyl/N-ethyl adjacent to an activating group) is 1. The maximum atomic E-state index is 2.51. The summed E-state index contributed by atoms with van der Waals surface area (Å²) in [6.45, 7) is 8.48. The quantitative estimate of drug-likeness (QED) is 0.515. The SMILES string of the molecule is CCN1CCCN(I)CC1. The largest absolute Gasteiger partial charge is 0.302 e.